The SMILES string of the molecule is CON(C)C(=O)[C@H]1C[C@@H](CC(=O)OC(C)(C)C)C1. The molecule has 1 fully saturated rings. The lowest BCUT2D eigenvalue weighted by Gasteiger charge is -2.35. The molecular weight excluding hydrogens is 234 g/mol. The van der Waals surface area contributed by atoms with Crippen LogP contribution in [0.25, 0.3) is 0 Å². The van der Waals surface area contributed by atoms with Crippen molar-refractivity contribution in [3.05, 3.63) is 0 Å². The van der Waals surface area contributed by atoms with Gasteiger partial charge in [0.15, 0.2) is 0 Å². The zero-order chi connectivity index (χ0) is 13.9. The van der Waals surface area contributed by atoms with Crippen LogP contribution in [0.5, 0.6) is 0 Å². The van der Waals surface area contributed by atoms with Crippen LogP contribution in [0.15, 0.2) is 0 Å². The maximum atomic E-state index is 11.7. The van der Waals surface area contributed by atoms with E-state index >= 15 is 0 Å². The lowest BCUT2D eigenvalue weighted by Crippen LogP contribution is -2.40. The van der Waals surface area contributed by atoms with Gasteiger partial charge in [-0.05, 0) is 39.5 Å². The Balaban J connectivity index is 2.27. The van der Waals surface area contributed by atoms with Crippen molar-refractivity contribution in [2.45, 2.75) is 45.6 Å². The maximum absolute atomic E-state index is 11.7. The van der Waals surface area contributed by atoms with Crippen LogP contribution in [-0.2, 0) is 19.2 Å². The van der Waals surface area contributed by atoms with Gasteiger partial charge in [0.1, 0.15) is 5.60 Å². The van der Waals surface area contributed by atoms with Gasteiger partial charge in [-0.15, -0.1) is 0 Å². The predicted octanol–water partition coefficient (Wildman–Crippen LogP) is 1.76. The third kappa shape index (κ3) is 4.29. The van der Waals surface area contributed by atoms with Crippen molar-refractivity contribution < 1.29 is 19.2 Å². The van der Waals surface area contributed by atoms with E-state index in [2.05, 4.69) is 0 Å². The standard InChI is InChI=1S/C13H23NO4/c1-13(2,3)18-11(15)8-9-6-10(7-9)12(16)14(4)17-5/h9-10H,6-8H2,1-5H3/t9-,10+. The minimum Gasteiger partial charge on any atom is -0.460 e. The molecule has 1 aliphatic carbocycles. The molecule has 5 heteroatoms. The fraction of sp³-hybridized carbons (Fsp3) is 0.846. The summed E-state index contributed by atoms with van der Waals surface area (Å²) in [4.78, 5) is 28.1. The number of carbonyl (C=O) groups excluding carboxylic acids is 2. The fourth-order valence-electron chi connectivity index (χ4n) is 2.07. The number of rotatable bonds is 4. The van der Waals surface area contributed by atoms with Crippen LogP contribution >= 0.6 is 0 Å². The number of ether oxygens (including phenoxy) is 1. The van der Waals surface area contributed by atoms with E-state index in [4.69, 9.17) is 9.57 Å². The van der Waals surface area contributed by atoms with Gasteiger partial charge in [-0.3, -0.25) is 14.4 Å². The molecule has 0 aromatic rings. The zero-order valence-corrected chi connectivity index (χ0v) is 11.9. The fourth-order valence-corrected chi connectivity index (χ4v) is 2.07. The minimum absolute atomic E-state index is 0.0117. The smallest absolute Gasteiger partial charge is 0.306 e. The summed E-state index contributed by atoms with van der Waals surface area (Å²) in [7, 11) is 3.07. The predicted molar refractivity (Wildman–Crippen MR) is 66.5 cm³/mol. The zero-order valence-electron chi connectivity index (χ0n) is 11.9. The first-order valence-electron chi connectivity index (χ1n) is 6.26. The van der Waals surface area contributed by atoms with Crippen LogP contribution in [0.2, 0.25) is 0 Å². The average Bonchev–Trinajstić information content (AvgIpc) is 2.18. The highest BCUT2D eigenvalue weighted by Gasteiger charge is 2.37. The van der Waals surface area contributed by atoms with Crippen LogP contribution < -0.4 is 0 Å². The summed E-state index contributed by atoms with van der Waals surface area (Å²) in [5.74, 6) is 0.0536. The molecule has 0 aliphatic heterocycles. The molecule has 1 rings (SSSR count). The molecule has 5 nitrogen and oxygen atoms in total. The number of nitrogens with zero attached hydrogens (tertiary/aromatic N) is 1. The molecule has 0 atom stereocenters. The second-order valence-electron chi connectivity index (χ2n) is 5.84. The van der Waals surface area contributed by atoms with Crippen LogP contribution in [-0.4, -0.2) is 36.7 Å². The minimum atomic E-state index is -0.438. The molecule has 0 aromatic carbocycles. The van der Waals surface area contributed by atoms with Crippen LogP contribution in [0.3, 0.4) is 0 Å². The Hall–Kier alpha value is -1.10. The molecule has 0 radical (unpaired) electrons. The van der Waals surface area contributed by atoms with Crippen molar-refractivity contribution in [1.82, 2.24) is 5.06 Å². The van der Waals surface area contributed by atoms with Crippen LogP contribution in [0, 0.1) is 11.8 Å². The monoisotopic (exact) mass is 257 g/mol. The number of esters is 1. The number of amides is 1. The average molecular weight is 257 g/mol. The molecule has 1 aliphatic rings. The summed E-state index contributed by atoms with van der Waals surface area (Å²) in [6.07, 6.45) is 1.88. The molecule has 18 heavy (non-hydrogen) atoms. The molecule has 0 N–H and O–H groups in total. The molecule has 1 saturated carbocycles. The van der Waals surface area contributed by atoms with E-state index < -0.39 is 5.60 Å². The summed E-state index contributed by atoms with van der Waals surface area (Å²) in [6, 6.07) is 0. The normalized spacial score (nSPS) is 23.2. The van der Waals surface area contributed by atoms with E-state index in [1.54, 1.807) is 7.05 Å². The highest BCUT2D eigenvalue weighted by Crippen LogP contribution is 2.37. The Kier molecular flexibility index (Phi) is 4.73. The first-order chi connectivity index (χ1) is 8.23. The van der Waals surface area contributed by atoms with E-state index in [0.717, 1.165) is 12.8 Å². The maximum Gasteiger partial charge on any atom is 0.306 e. The Morgan fingerprint density at radius 1 is 1.28 bits per heavy atom. The summed E-state index contributed by atoms with van der Waals surface area (Å²) >= 11 is 0. The third-order valence-corrected chi connectivity index (χ3v) is 3.04. The number of carbonyl (C=O) groups is 2. The Morgan fingerprint density at radius 3 is 2.28 bits per heavy atom. The quantitative estimate of drug-likeness (QED) is 0.569. The second-order valence-corrected chi connectivity index (χ2v) is 5.84. The molecule has 0 unspecified atom stereocenters. The van der Waals surface area contributed by atoms with Gasteiger partial charge in [0.25, 0.3) is 0 Å². The van der Waals surface area contributed by atoms with E-state index in [-0.39, 0.29) is 23.7 Å². The number of hydroxylamine groups is 2. The molecule has 0 heterocycles. The molecule has 0 bridgehead atoms. The van der Waals surface area contributed by atoms with Gasteiger partial charge in [0.05, 0.1) is 7.11 Å². The van der Waals surface area contributed by atoms with Crippen molar-refractivity contribution in [2.75, 3.05) is 14.2 Å². The largest absolute Gasteiger partial charge is 0.460 e. The first-order valence-corrected chi connectivity index (χ1v) is 6.26. The summed E-state index contributed by atoms with van der Waals surface area (Å²) in [6.45, 7) is 5.56. The van der Waals surface area contributed by atoms with E-state index in [1.165, 1.54) is 12.2 Å². The number of hydrogen-bond donors (Lipinski definition) is 0. The van der Waals surface area contributed by atoms with Gasteiger partial charge in [0, 0.05) is 19.4 Å². The Labute approximate surface area is 108 Å². The van der Waals surface area contributed by atoms with Crippen LogP contribution in [0.4, 0.5) is 0 Å². The van der Waals surface area contributed by atoms with Crippen molar-refractivity contribution in [1.29, 1.82) is 0 Å². The lowest BCUT2D eigenvalue weighted by atomic mass is 9.73. The molecule has 104 valence electrons. The van der Waals surface area contributed by atoms with Crippen molar-refractivity contribution in [2.24, 2.45) is 11.8 Å². The molecule has 0 saturated heterocycles. The van der Waals surface area contributed by atoms with Gasteiger partial charge in [-0.25, -0.2) is 5.06 Å². The van der Waals surface area contributed by atoms with E-state index in [0.29, 0.717) is 6.42 Å². The van der Waals surface area contributed by atoms with Crippen molar-refractivity contribution >= 4 is 11.9 Å². The Morgan fingerprint density at radius 2 is 1.83 bits per heavy atom. The summed E-state index contributed by atoms with van der Waals surface area (Å²) in [5, 5.41) is 1.24. The molecule has 0 spiro atoms. The van der Waals surface area contributed by atoms with Gasteiger partial charge >= 0.3 is 5.97 Å². The topological polar surface area (TPSA) is 55.8 Å². The highest BCUT2D eigenvalue weighted by molar-refractivity contribution is 5.79. The summed E-state index contributed by atoms with van der Waals surface area (Å²) in [5.41, 5.74) is -0.438. The molecule has 0 aromatic heterocycles. The van der Waals surface area contributed by atoms with Gasteiger partial charge in [-0.1, -0.05) is 0 Å². The van der Waals surface area contributed by atoms with E-state index in [1.807, 2.05) is 20.8 Å². The van der Waals surface area contributed by atoms with Gasteiger partial charge in [-0.2, -0.15) is 0 Å². The van der Waals surface area contributed by atoms with Crippen molar-refractivity contribution in [3.63, 3.8) is 0 Å². The highest BCUT2D eigenvalue weighted by atomic mass is 16.7. The molecular formula is C13H23NO4. The number of hydrogen-bond acceptors (Lipinski definition) is 4. The third-order valence-electron chi connectivity index (χ3n) is 3.04. The Bertz CT molecular complexity index is 315. The first kappa shape index (κ1) is 15.0. The van der Waals surface area contributed by atoms with Gasteiger partial charge < -0.3 is 4.74 Å². The second kappa shape index (κ2) is 5.69. The molecule has 1 amide bonds. The summed E-state index contributed by atoms with van der Waals surface area (Å²) < 4.78 is 5.25. The van der Waals surface area contributed by atoms with E-state index in [9.17, 15) is 9.59 Å². The van der Waals surface area contributed by atoms with Gasteiger partial charge in [0.2, 0.25) is 5.91 Å². The van der Waals surface area contributed by atoms with Crippen molar-refractivity contribution in [3.8, 4) is 0 Å². The van der Waals surface area contributed by atoms with Crippen LogP contribution in [0.1, 0.15) is 40.0 Å². The lowest BCUT2D eigenvalue weighted by molar-refractivity contribution is -0.179.